The minimum atomic E-state index is -0.655. The highest BCUT2D eigenvalue weighted by molar-refractivity contribution is 5.90. The lowest BCUT2D eigenvalue weighted by Crippen LogP contribution is -2.47. The van der Waals surface area contributed by atoms with Crippen LogP contribution in [0.5, 0.6) is 5.75 Å². The van der Waals surface area contributed by atoms with Gasteiger partial charge in [-0.25, -0.2) is 4.79 Å². The number of hydrogen-bond donors (Lipinski definition) is 4. The molecular formula is C24H38N4O5. The van der Waals surface area contributed by atoms with Crippen LogP contribution in [0.25, 0.3) is 6.08 Å². The molecule has 0 radical (unpaired) electrons. The van der Waals surface area contributed by atoms with Gasteiger partial charge in [0.25, 0.3) is 0 Å². The zero-order valence-electron chi connectivity index (χ0n) is 20.7. The van der Waals surface area contributed by atoms with Crippen molar-refractivity contribution in [1.29, 1.82) is 0 Å². The lowest BCUT2D eigenvalue weighted by molar-refractivity contribution is -0.129. The largest absolute Gasteiger partial charge is 0.491 e. The van der Waals surface area contributed by atoms with Gasteiger partial charge in [0.05, 0.1) is 6.54 Å². The Kier molecular flexibility index (Phi) is 11.4. The lowest BCUT2D eigenvalue weighted by atomic mass is 10.0. The molecule has 4 N–H and O–H groups in total. The zero-order valence-corrected chi connectivity index (χ0v) is 20.7. The van der Waals surface area contributed by atoms with Crippen molar-refractivity contribution in [2.45, 2.75) is 58.7 Å². The zero-order chi connectivity index (χ0) is 25.0. The van der Waals surface area contributed by atoms with Gasteiger partial charge in [-0.3, -0.25) is 9.59 Å². The highest BCUT2D eigenvalue weighted by atomic mass is 16.6. The smallest absolute Gasteiger partial charge is 0.407 e. The third kappa shape index (κ3) is 9.95. The number of carbonyl (C=O) groups is 3. The van der Waals surface area contributed by atoms with Gasteiger partial charge in [0.15, 0.2) is 0 Å². The molecule has 0 bridgehead atoms. The maximum atomic E-state index is 12.7. The van der Waals surface area contributed by atoms with Crippen molar-refractivity contribution in [3.05, 3.63) is 35.4 Å². The van der Waals surface area contributed by atoms with Crippen LogP contribution in [-0.2, 0) is 14.3 Å². The number of amides is 3. The first-order chi connectivity index (χ1) is 15.5. The van der Waals surface area contributed by atoms with Crippen LogP contribution in [0.4, 0.5) is 4.79 Å². The Balaban J connectivity index is 2.90. The van der Waals surface area contributed by atoms with E-state index >= 15 is 0 Å². The second-order valence-corrected chi connectivity index (χ2v) is 8.45. The van der Waals surface area contributed by atoms with Crippen LogP contribution >= 0.6 is 0 Å². The van der Waals surface area contributed by atoms with E-state index in [0.717, 1.165) is 17.5 Å². The Morgan fingerprint density at radius 2 is 1.82 bits per heavy atom. The van der Waals surface area contributed by atoms with Crippen LogP contribution in [0.15, 0.2) is 24.3 Å². The molecule has 0 saturated heterocycles. The minimum absolute atomic E-state index is 0.255. The van der Waals surface area contributed by atoms with E-state index in [-0.39, 0.29) is 25.0 Å². The minimum Gasteiger partial charge on any atom is -0.491 e. The van der Waals surface area contributed by atoms with Crippen molar-refractivity contribution in [2.24, 2.45) is 0 Å². The van der Waals surface area contributed by atoms with Crippen LogP contribution in [0.2, 0.25) is 0 Å². The molecule has 9 nitrogen and oxygen atoms in total. The molecule has 0 unspecified atom stereocenters. The number of alkyl carbamates (subject to hydrolysis) is 1. The summed E-state index contributed by atoms with van der Waals surface area (Å²) in [6.07, 6.45) is 4.26. The molecule has 1 aromatic carbocycles. The second-order valence-electron chi connectivity index (χ2n) is 8.45. The van der Waals surface area contributed by atoms with Crippen molar-refractivity contribution in [2.75, 3.05) is 27.2 Å². The van der Waals surface area contributed by atoms with Gasteiger partial charge in [0.1, 0.15) is 30.0 Å². The molecule has 2 atom stereocenters. The topological polar surface area (TPSA) is 118 Å². The normalized spacial score (nSPS) is 13.2. The summed E-state index contributed by atoms with van der Waals surface area (Å²) >= 11 is 0. The van der Waals surface area contributed by atoms with E-state index in [4.69, 9.17) is 9.47 Å². The standard InChI is InChI=1S/C24H38N4O5/c1-8-9-10-17-15-18(20(25-6)22(30)28-16(2)21(29)26-7)11-12-19(17)32-14-13-27-23(31)33-24(3,4)5/h9-12,15-16,20,25H,8,13-14H2,1-7H3,(H,26,29)(H,27,31)(H,28,30)/b10-9+/t16-,20-/m0/s1. The number of allylic oxidation sites excluding steroid dienone is 1. The number of hydrogen-bond acceptors (Lipinski definition) is 6. The quantitative estimate of drug-likeness (QED) is 0.376. The molecule has 0 fully saturated rings. The number of rotatable bonds is 11. The number of ether oxygens (including phenoxy) is 2. The van der Waals surface area contributed by atoms with Gasteiger partial charge in [-0.2, -0.15) is 0 Å². The Labute approximate surface area is 196 Å². The molecule has 0 aliphatic rings. The Hall–Kier alpha value is -3.07. The highest BCUT2D eigenvalue weighted by Gasteiger charge is 2.23. The van der Waals surface area contributed by atoms with Crippen LogP contribution in [0.3, 0.4) is 0 Å². The number of nitrogens with one attached hydrogen (secondary N) is 4. The van der Waals surface area contributed by atoms with Crippen LogP contribution in [-0.4, -0.2) is 56.8 Å². The van der Waals surface area contributed by atoms with E-state index in [1.54, 1.807) is 46.9 Å². The van der Waals surface area contributed by atoms with E-state index in [0.29, 0.717) is 5.75 Å². The molecule has 3 amide bonds. The van der Waals surface area contributed by atoms with Crippen molar-refractivity contribution >= 4 is 24.0 Å². The summed E-state index contributed by atoms with van der Waals surface area (Å²) in [5.74, 6) is 0.0474. The van der Waals surface area contributed by atoms with Crippen molar-refractivity contribution in [1.82, 2.24) is 21.3 Å². The number of likely N-dealkylation sites (N-methyl/N-ethyl adjacent to an activating group) is 2. The van der Waals surface area contributed by atoms with E-state index in [2.05, 4.69) is 21.3 Å². The number of benzene rings is 1. The van der Waals surface area contributed by atoms with Gasteiger partial charge in [0, 0.05) is 12.6 Å². The Bertz CT molecular complexity index is 833. The average molecular weight is 463 g/mol. The summed E-state index contributed by atoms with van der Waals surface area (Å²) in [5.41, 5.74) is 0.973. The number of carbonyl (C=O) groups excluding carboxylic acids is 3. The van der Waals surface area contributed by atoms with E-state index < -0.39 is 23.8 Å². The fourth-order valence-corrected chi connectivity index (χ4v) is 2.91. The van der Waals surface area contributed by atoms with Gasteiger partial charge < -0.3 is 30.7 Å². The first kappa shape index (κ1) is 28.0. The first-order valence-corrected chi connectivity index (χ1v) is 11.1. The van der Waals surface area contributed by atoms with E-state index in [1.165, 1.54) is 7.05 Å². The monoisotopic (exact) mass is 462 g/mol. The summed E-state index contributed by atoms with van der Waals surface area (Å²) in [5, 5.41) is 10.9. The maximum Gasteiger partial charge on any atom is 0.407 e. The molecule has 0 aliphatic heterocycles. The van der Waals surface area contributed by atoms with Crippen LogP contribution in [0.1, 0.15) is 58.2 Å². The highest BCUT2D eigenvalue weighted by Crippen LogP contribution is 2.25. The predicted octanol–water partition coefficient (Wildman–Crippen LogP) is 2.52. The Morgan fingerprint density at radius 1 is 1.12 bits per heavy atom. The third-order valence-electron chi connectivity index (χ3n) is 4.48. The molecule has 0 heterocycles. The molecule has 0 aromatic heterocycles. The molecule has 0 aliphatic carbocycles. The van der Waals surface area contributed by atoms with E-state index in [9.17, 15) is 14.4 Å². The van der Waals surface area contributed by atoms with Crippen LogP contribution in [0, 0.1) is 0 Å². The summed E-state index contributed by atoms with van der Waals surface area (Å²) in [6.45, 7) is 9.59. The molecule has 33 heavy (non-hydrogen) atoms. The van der Waals surface area contributed by atoms with E-state index in [1.807, 2.05) is 25.1 Å². The Morgan fingerprint density at radius 3 is 2.39 bits per heavy atom. The predicted molar refractivity (Wildman–Crippen MR) is 129 cm³/mol. The fraction of sp³-hybridized carbons (Fsp3) is 0.542. The molecule has 0 saturated carbocycles. The third-order valence-corrected chi connectivity index (χ3v) is 4.48. The molecular weight excluding hydrogens is 424 g/mol. The maximum absolute atomic E-state index is 12.7. The average Bonchev–Trinajstić information content (AvgIpc) is 2.74. The second kappa shape index (κ2) is 13.5. The summed E-state index contributed by atoms with van der Waals surface area (Å²) < 4.78 is 11.1. The summed E-state index contributed by atoms with van der Waals surface area (Å²) in [7, 11) is 3.21. The molecule has 184 valence electrons. The molecule has 9 heteroatoms. The van der Waals surface area contributed by atoms with Gasteiger partial charge in [-0.15, -0.1) is 0 Å². The summed E-state index contributed by atoms with van der Waals surface area (Å²) in [4.78, 5) is 36.2. The molecule has 1 aromatic rings. The van der Waals surface area contributed by atoms with Gasteiger partial charge >= 0.3 is 6.09 Å². The van der Waals surface area contributed by atoms with Gasteiger partial charge in [0.2, 0.25) is 11.8 Å². The first-order valence-electron chi connectivity index (χ1n) is 11.1. The van der Waals surface area contributed by atoms with Gasteiger partial charge in [-0.1, -0.05) is 25.1 Å². The van der Waals surface area contributed by atoms with Crippen LogP contribution < -0.4 is 26.0 Å². The SMILES string of the molecule is CC/C=C/c1cc([C@H](NC)C(=O)N[C@@H](C)C(=O)NC)ccc1OCCNC(=O)OC(C)(C)C. The lowest BCUT2D eigenvalue weighted by Gasteiger charge is -2.21. The fourth-order valence-electron chi connectivity index (χ4n) is 2.91. The van der Waals surface area contributed by atoms with Crippen molar-refractivity contribution in [3.63, 3.8) is 0 Å². The molecule has 0 spiro atoms. The molecule has 1 rings (SSSR count). The van der Waals surface area contributed by atoms with Crippen molar-refractivity contribution in [3.8, 4) is 5.75 Å². The van der Waals surface area contributed by atoms with Crippen molar-refractivity contribution < 1.29 is 23.9 Å². The summed E-state index contributed by atoms with van der Waals surface area (Å²) in [6, 6.07) is 4.16. The van der Waals surface area contributed by atoms with Gasteiger partial charge in [-0.05, 0) is 58.9 Å².